The Labute approximate surface area is 198 Å². The van der Waals surface area contributed by atoms with Gasteiger partial charge in [0.15, 0.2) is 0 Å². The quantitative estimate of drug-likeness (QED) is 0.435. The molecule has 2 aromatic heterocycles. The predicted molar refractivity (Wildman–Crippen MR) is 129 cm³/mol. The maximum Gasteiger partial charge on any atom is 0.328 e. The maximum absolute atomic E-state index is 12.8. The molecular formula is C26H29N5O3. The SMILES string of the molecule is CC(C)n1cc2cc(-c3nc(-c4cccc5c4CCNC5C(=O)OC(C)(C)C)no3)ccc2n1. The average Bonchev–Trinajstić information content (AvgIpc) is 3.44. The van der Waals surface area contributed by atoms with Crippen molar-refractivity contribution in [3.63, 3.8) is 0 Å². The summed E-state index contributed by atoms with van der Waals surface area (Å²) in [6.45, 7) is 10.5. The van der Waals surface area contributed by atoms with Gasteiger partial charge in [-0.25, -0.2) is 4.79 Å². The molecule has 1 N–H and O–H groups in total. The Bertz CT molecular complexity index is 1360. The van der Waals surface area contributed by atoms with E-state index in [1.54, 1.807) is 0 Å². The summed E-state index contributed by atoms with van der Waals surface area (Å²) in [7, 11) is 0. The van der Waals surface area contributed by atoms with E-state index < -0.39 is 11.6 Å². The highest BCUT2D eigenvalue weighted by Gasteiger charge is 2.32. The van der Waals surface area contributed by atoms with Gasteiger partial charge in [-0.05, 0) is 70.4 Å². The molecule has 176 valence electrons. The number of nitrogens with zero attached hydrogens (tertiary/aromatic N) is 4. The van der Waals surface area contributed by atoms with Crippen molar-refractivity contribution in [3.8, 4) is 22.8 Å². The van der Waals surface area contributed by atoms with Crippen LogP contribution in [0.2, 0.25) is 0 Å². The van der Waals surface area contributed by atoms with Crippen LogP contribution in [0, 0.1) is 0 Å². The van der Waals surface area contributed by atoms with Gasteiger partial charge in [-0.2, -0.15) is 10.1 Å². The molecule has 3 heterocycles. The second-order valence-electron chi connectivity index (χ2n) is 9.94. The van der Waals surface area contributed by atoms with Crippen LogP contribution in [0.25, 0.3) is 33.7 Å². The molecule has 8 nitrogen and oxygen atoms in total. The first-order valence-corrected chi connectivity index (χ1v) is 11.6. The average molecular weight is 460 g/mol. The molecule has 0 fully saturated rings. The van der Waals surface area contributed by atoms with Crippen LogP contribution in [-0.2, 0) is 16.0 Å². The van der Waals surface area contributed by atoms with E-state index in [1.807, 2.05) is 68.0 Å². The number of aromatic nitrogens is 4. The van der Waals surface area contributed by atoms with Crippen molar-refractivity contribution in [1.29, 1.82) is 0 Å². The van der Waals surface area contributed by atoms with Crippen molar-refractivity contribution in [3.05, 3.63) is 53.7 Å². The Kier molecular flexibility index (Phi) is 5.48. The van der Waals surface area contributed by atoms with Gasteiger partial charge in [0.25, 0.3) is 5.89 Å². The molecular weight excluding hydrogens is 430 g/mol. The zero-order valence-corrected chi connectivity index (χ0v) is 20.1. The summed E-state index contributed by atoms with van der Waals surface area (Å²) in [5.41, 5.74) is 4.02. The maximum atomic E-state index is 12.8. The Morgan fingerprint density at radius 3 is 2.82 bits per heavy atom. The summed E-state index contributed by atoms with van der Waals surface area (Å²) in [6.07, 6.45) is 2.78. The summed E-state index contributed by atoms with van der Waals surface area (Å²) in [4.78, 5) is 17.5. The Hall–Kier alpha value is -3.52. The first kappa shape index (κ1) is 22.3. The van der Waals surface area contributed by atoms with Crippen molar-refractivity contribution >= 4 is 16.9 Å². The van der Waals surface area contributed by atoms with Crippen molar-refractivity contribution in [2.75, 3.05) is 6.54 Å². The third kappa shape index (κ3) is 4.21. The van der Waals surface area contributed by atoms with Gasteiger partial charge in [0.1, 0.15) is 11.6 Å². The van der Waals surface area contributed by atoms with Gasteiger partial charge in [-0.3, -0.25) is 4.68 Å². The van der Waals surface area contributed by atoms with Crippen LogP contribution >= 0.6 is 0 Å². The normalized spacial score (nSPS) is 16.1. The molecule has 2 aromatic carbocycles. The minimum atomic E-state index is -0.552. The molecule has 0 saturated carbocycles. The largest absolute Gasteiger partial charge is 0.459 e. The number of carbonyl (C=O) groups is 1. The lowest BCUT2D eigenvalue weighted by Gasteiger charge is -2.29. The fourth-order valence-corrected chi connectivity index (χ4v) is 4.28. The molecule has 4 aromatic rings. The first-order chi connectivity index (χ1) is 16.2. The van der Waals surface area contributed by atoms with Gasteiger partial charge in [0, 0.05) is 35.3 Å². The highest BCUT2D eigenvalue weighted by molar-refractivity contribution is 5.83. The fourth-order valence-electron chi connectivity index (χ4n) is 4.28. The summed E-state index contributed by atoms with van der Waals surface area (Å²) in [5, 5.41) is 13.2. The van der Waals surface area contributed by atoms with E-state index in [0.717, 1.165) is 39.6 Å². The number of fused-ring (bicyclic) bond motifs is 2. The summed E-state index contributed by atoms with van der Waals surface area (Å²) >= 11 is 0. The Morgan fingerprint density at radius 1 is 1.24 bits per heavy atom. The zero-order valence-electron chi connectivity index (χ0n) is 20.1. The second-order valence-corrected chi connectivity index (χ2v) is 9.94. The molecule has 0 radical (unpaired) electrons. The zero-order chi connectivity index (χ0) is 24.0. The smallest absolute Gasteiger partial charge is 0.328 e. The number of rotatable bonds is 4. The summed E-state index contributed by atoms with van der Waals surface area (Å²) in [5.74, 6) is 0.675. The van der Waals surface area contributed by atoms with Crippen LogP contribution in [0.1, 0.15) is 57.8 Å². The van der Waals surface area contributed by atoms with Crippen molar-refractivity contribution in [2.24, 2.45) is 0 Å². The van der Waals surface area contributed by atoms with Gasteiger partial charge in [0.05, 0.1) is 5.52 Å². The van der Waals surface area contributed by atoms with E-state index in [2.05, 4.69) is 29.4 Å². The number of ether oxygens (including phenoxy) is 1. The second kappa shape index (κ2) is 8.36. The minimum absolute atomic E-state index is 0.283. The predicted octanol–water partition coefficient (Wildman–Crippen LogP) is 4.86. The molecule has 5 rings (SSSR count). The number of nitrogens with one attached hydrogen (secondary N) is 1. The van der Waals surface area contributed by atoms with Crippen LogP contribution in [0.4, 0.5) is 0 Å². The van der Waals surface area contributed by atoms with E-state index in [0.29, 0.717) is 18.3 Å². The molecule has 0 aliphatic carbocycles. The topological polar surface area (TPSA) is 95.1 Å². The Balaban J connectivity index is 1.48. The number of carbonyl (C=O) groups excluding carboxylic acids is 1. The lowest BCUT2D eigenvalue weighted by atomic mass is 9.90. The van der Waals surface area contributed by atoms with Crippen molar-refractivity contribution in [2.45, 2.75) is 58.7 Å². The van der Waals surface area contributed by atoms with Gasteiger partial charge in [-0.15, -0.1) is 0 Å². The van der Waals surface area contributed by atoms with Crippen molar-refractivity contribution < 1.29 is 14.1 Å². The molecule has 1 aliphatic heterocycles. The minimum Gasteiger partial charge on any atom is -0.459 e. The number of hydrogen-bond acceptors (Lipinski definition) is 7. The lowest BCUT2D eigenvalue weighted by Crippen LogP contribution is -2.39. The molecule has 0 bridgehead atoms. The third-order valence-electron chi connectivity index (χ3n) is 5.85. The number of benzene rings is 2. The molecule has 8 heteroatoms. The lowest BCUT2D eigenvalue weighted by molar-refractivity contribution is -0.157. The van der Waals surface area contributed by atoms with Gasteiger partial charge in [-0.1, -0.05) is 23.4 Å². The number of esters is 1. The molecule has 0 saturated heterocycles. The molecule has 0 spiro atoms. The molecule has 1 unspecified atom stereocenters. The van der Waals surface area contributed by atoms with Crippen LogP contribution in [0.3, 0.4) is 0 Å². The van der Waals surface area contributed by atoms with Crippen molar-refractivity contribution in [1.82, 2.24) is 25.2 Å². The van der Waals surface area contributed by atoms with Crippen LogP contribution < -0.4 is 5.32 Å². The van der Waals surface area contributed by atoms with E-state index in [9.17, 15) is 4.79 Å². The van der Waals surface area contributed by atoms with Crippen LogP contribution in [-0.4, -0.2) is 38.0 Å². The third-order valence-corrected chi connectivity index (χ3v) is 5.85. The van der Waals surface area contributed by atoms with Crippen LogP contribution in [0.5, 0.6) is 0 Å². The van der Waals surface area contributed by atoms with E-state index in [-0.39, 0.29) is 12.0 Å². The van der Waals surface area contributed by atoms with E-state index in [4.69, 9.17) is 14.2 Å². The fraction of sp³-hybridized carbons (Fsp3) is 0.385. The standard InChI is InChI=1S/C26H29N5O3/c1-15(2)31-14-17-13-16(9-10-21(17)29-31)24-28-23(30-34-24)20-8-6-7-19-18(20)11-12-27-22(19)25(32)33-26(3,4)5/h6-10,13-15,22,27H,11-12H2,1-5H3. The van der Waals surface area contributed by atoms with E-state index >= 15 is 0 Å². The molecule has 34 heavy (non-hydrogen) atoms. The monoisotopic (exact) mass is 459 g/mol. The first-order valence-electron chi connectivity index (χ1n) is 11.6. The molecule has 1 atom stereocenters. The van der Waals surface area contributed by atoms with E-state index in [1.165, 1.54) is 0 Å². The highest BCUT2D eigenvalue weighted by atomic mass is 16.6. The van der Waals surface area contributed by atoms with Gasteiger partial charge >= 0.3 is 5.97 Å². The number of hydrogen-bond donors (Lipinski definition) is 1. The van der Waals surface area contributed by atoms with Gasteiger partial charge in [0.2, 0.25) is 5.82 Å². The van der Waals surface area contributed by atoms with Gasteiger partial charge < -0.3 is 14.6 Å². The van der Waals surface area contributed by atoms with Crippen LogP contribution in [0.15, 0.2) is 47.1 Å². The summed E-state index contributed by atoms with van der Waals surface area (Å²) in [6, 6.07) is 11.5. The Morgan fingerprint density at radius 2 is 2.06 bits per heavy atom. The molecule has 1 aliphatic rings. The molecule has 0 amide bonds. The highest BCUT2D eigenvalue weighted by Crippen LogP contribution is 2.33. The summed E-state index contributed by atoms with van der Waals surface area (Å²) < 4.78 is 13.2.